The predicted molar refractivity (Wildman–Crippen MR) is 125 cm³/mol. The number of aromatic nitrogens is 2. The van der Waals surface area contributed by atoms with Gasteiger partial charge in [0.1, 0.15) is 11.4 Å². The molecule has 0 bridgehead atoms. The number of hydrogen-bond donors (Lipinski definition) is 0. The van der Waals surface area contributed by atoms with Gasteiger partial charge in [0.15, 0.2) is 9.84 Å². The van der Waals surface area contributed by atoms with Crippen LogP contribution in [0.4, 0.5) is 0 Å². The van der Waals surface area contributed by atoms with Crippen LogP contribution in [-0.4, -0.2) is 52.4 Å². The highest BCUT2D eigenvalue weighted by Gasteiger charge is 2.39. The van der Waals surface area contributed by atoms with E-state index in [2.05, 4.69) is 4.98 Å². The van der Waals surface area contributed by atoms with Gasteiger partial charge in [-0.05, 0) is 30.9 Å². The number of rotatable bonds is 5. The molecule has 0 spiro atoms. The Morgan fingerprint density at radius 1 is 1.12 bits per heavy atom. The number of hydrogen-bond acceptors (Lipinski definition) is 6. The van der Waals surface area contributed by atoms with Crippen molar-refractivity contribution in [2.24, 2.45) is 0 Å². The zero-order chi connectivity index (χ0) is 22.3. The normalized spacial score (nSPS) is 20.7. The third-order valence-corrected chi connectivity index (χ3v) is 9.33. The summed E-state index contributed by atoms with van der Waals surface area (Å²) >= 11 is 1.45. The minimum atomic E-state index is -3.11. The molecule has 32 heavy (non-hydrogen) atoms. The van der Waals surface area contributed by atoms with Gasteiger partial charge >= 0.3 is 0 Å². The molecule has 7 nitrogen and oxygen atoms in total. The molecule has 1 aliphatic carbocycles. The fourth-order valence-electron chi connectivity index (χ4n) is 4.93. The third kappa shape index (κ3) is 4.11. The standard InChI is InChI=1S/C23H25N3O4S2/c27-21(26(17-8-4-5-9-17)18-10-11-32(29,30)14-18)13-25-15-24-22-19(23(25)28)12-20(31-22)16-6-2-1-3-7-16/h1-3,6-7,12,15,17-18H,4-5,8-11,13-14H2/t18-/m1/s1. The van der Waals surface area contributed by atoms with Crippen LogP contribution in [-0.2, 0) is 21.2 Å². The van der Waals surface area contributed by atoms with E-state index in [-0.39, 0.29) is 41.6 Å². The van der Waals surface area contributed by atoms with E-state index >= 15 is 0 Å². The maximum atomic E-state index is 13.4. The predicted octanol–water partition coefficient (Wildman–Crippen LogP) is 3.08. The summed E-state index contributed by atoms with van der Waals surface area (Å²) in [5, 5.41) is 0.500. The van der Waals surface area contributed by atoms with Crippen molar-refractivity contribution in [2.75, 3.05) is 11.5 Å². The minimum Gasteiger partial charge on any atom is -0.334 e. The Morgan fingerprint density at radius 2 is 1.88 bits per heavy atom. The molecule has 1 amide bonds. The van der Waals surface area contributed by atoms with Gasteiger partial charge < -0.3 is 4.90 Å². The molecule has 9 heteroatoms. The van der Waals surface area contributed by atoms with Gasteiger partial charge in [-0.15, -0.1) is 11.3 Å². The summed E-state index contributed by atoms with van der Waals surface area (Å²) in [5.74, 6) is -0.0497. The second kappa shape index (κ2) is 8.44. The lowest BCUT2D eigenvalue weighted by Gasteiger charge is -2.34. The van der Waals surface area contributed by atoms with Crippen molar-refractivity contribution in [1.82, 2.24) is 14.5 Å². The molecular formula is C23H25N3O4S2. The van der Waals surface area contributed by atoms with Crippen LogP contribution < -0.4 is 5.56 Å². The molecule has 2 aliphatic rings. The summed E-state index contributed by atoms with van der Waals surface area (Å²) < 4.78 is 25.5. The SMILES string of the molecule is O=C(Cn1cnc2sc(-c3ccccc3)cc2c1=O)N(C1CCCC1)[C@@H]1CCS(=O)(=O)C1. The second-order valence-electron chi connectivity index (χ2n) is 8.67. The lowest BCUT2D eigenvalue weighted by atomic mass is 10.1. The molecule has 1 atom stereocenters. The summed E-state index contributed by atoms with van der Waals surface area (Å²) in [6.45, 7) is -0.120. The molecule has 3 heterocycles. The van der Waals surface area contributed by atoms with Gasteiger partial charge in [0.05, 0.1) is 23.2 Å². The number of nitrogens with zero attached hydrogens (tertiary/aromatic N) is 3. The Balaban J connectivity index is 1.43. The largest absolute Gasteiger partial charge is 0.334 e. The average molecular weight is 472 g/mol. The number of fused-ring (bicyclic) bond motifs is 1. The van der Waals surface area contributed by atoms with Crippen molar-refractivity contribution in [1.29, 1.82) is 0 Å². The van der Waals surface area contributed by atoms with Gasteiger partial charge in [-0.25, -0.2) is 13.4 Å². The van der Waals surface area contributed by atoms with Gasteiger partial charge in [-0.1, -0.05) is 43.2 Å². The molecule has 0 unspecified atom stereocenters. The Hall–Kier alpha value is -2.52. The molecule has 1 saturated heterocycles. The van der Waals surface area contributed by atoms with E-state index in [9.17, 15) is 18.0 Å². The first-order valence-electron chi connectivity index (χ1n) is 11.0. The summed E-state index contributed by atoms with van der Waals surface area (Å²) in [4.78, 5) is 34.3. The van der Waals surface area contributed by atoms with Crippen LogP contribution >= 0.6 is 11.3 Å². The molecule has 1 aromatic carbocycles. The minimum absolute atomic E-state index is 0.0202. The summed E-state index contributed by atoms with van der Waals surface area (Å²) in [5.41, 5.74) is 0.777. The Kier molecular flexibility index (Phi) is 5.63. The zero-order valence-electron chi connectivity index (χ0n) is 17.6. The van der Waals surface area contributed by atoms with Crippen LogP contribution in [0.5, 0.6) is 0 Å². The molecule has 1 saturated carbocycles. The number of carbonyl (C=O) groups excluding carboxylic acids is 1. The molecule has 1 aliphatic heterocycles. The molecule has 3 aromatic rings. The van der Waals surface area contributed by atoms with Crippen molar-refractivity contribution in [2.45, 2.75) is 50.7 Å². The first kappa shape index (κ1) is 21.3. The third-order valence-electron chi connectivity index (χ3n) is 6.49. The van der Waals surface area contributed by atoms with E-state index in [1.165, 1.54) is 22.2 Å². The molecule has 168 valence electrons. The Morgan fingerprint density at radius 3 is 2.56 bits per heavy atom. The van der Waals surface area contributed by atoms with Gasteiger partial charge in [0, 0.05) is 17.0 Å². The number of amides is 1. The van der Waals surface area contributed by atoms with Crippen LogP contribution in [0, 0.1) is 0 Å². The molecule has 0 N–H and O–H groups in total. The summed E-state index contributed by atoms with van der Waals surface area (Å²) in [6, 6.07) is 11.4. The topological polar surface area (TPSA) is 89.3 Å². The fraction of sp³-hybridized carbons (Fsp3) is 0.435. The molecular weight excluding hydrogens is 446 g/mol. The van der Waals surface area contributed by atoms with E-state index < -0.39 is 9.84 Å². The van der Waals surface area contributed by atoms with Gasteiger partial charge in [0.25, 0.3) is 5.56 Å². The van der Waals surface area contributed by atoms with Crippen molar-refractivity contribution >= 4 is 37.3 Å². The smallest absolute Gasteiger partial charge is 0.262 e. The van der Waals surface area contributed by atoms with Gasteiger partial charge in [0.2, 0.25) is 5.91 Å². The van der Waals surface area contributed by atoms with Crippen molar-refractivity contribution in [3.05, 3.63) is 53.1 Å². The number of carbonyl (C=O) groups is 1. The highest BCUT2D eigenvalue weighted by atomic mass is 32.2. The van der Waals surface area contributed by atoms with E-state index in [1.54, 1.807) is 4.90 Å². The van der Waals surface area contributed by atoms with E-state index in [0.717, 1.165) is 36.1 Å². The van der Waals surface area contributed by atoms with E-state index in [4.69, 9.17) is 0 Å². The monoisotopic (exact) mass is 471 g/mol. The molecule has 0 radical (unpaired) electrons. The molecule has 5 rings (SSSR count). The fourth-order valence-corrected chi connectivity index (χ4v) is 7.63. The highest BCUT2D eigenvalue weighted by molar-refractivity contribution is 7.91. The van der Waals surface area contributed by atoms with Crippen molar-refractivity contribution in [3.8, 4) is 10.4 Å². The van der Waals surface area contributed by atoms with Crippen molar-refractivity contribution < 1.29 is 13.2 Å². The number of thiophene rings is 1. The number of benzene rings is 1. The Labute approximate surface area is 190 Å². The molecule has 2 fully saturated rings. The van der Waals surface area contributed by atoms with Crippen LogP contribution in [0.15, 0.2) is 47.5 Å². The summed E-state index contributed by atoms with van der Waals surface area (Å²) in [6.07, 6.45) is 5.77. The summed E-state index contributed by atoms with van der Waals surface area (Å²) in [7, 11) is -3.11. The first-order chi connectivity index (χ1) is 15.4. The maximum absolute atomic E-state index is 13.4. The number of sulfone groups is 1. The average Bonchev–Trinajstić information content (AvgIpc) is 3.52. The Bertz CT molecular complexity index is 1310. The lowest BCUT2D eigenvalue weighted by molar-refractivity contribution is -0.136. The molecule has 2 aromatic heterocycles. The quantitative estimate of drug-likeness (QED) is 0.571. The highest BCUT2D eigenvalue weighted by Crippen LogP contribution is 2.31. The van der Waals surface area contributed by atoms with Crippen LogP contribution in [0.2, 0.25) is 0 Å². The van der Waals surface area contributed by atoms with Crippen LogP contribution in [0.1, 0.15) is 32.1 Å². The van der Waals surface area contributed by atoms with Gasteiger partial charge in [-0.3, -0.25) is 14.2 Å². The lowest BCUT2D eigenvalue weighted by Crippen LogP contribution is -2.48. The van der Waals surface area contributed by atoms with Crippen LogP contribution in [0.3, 0.4) is 0 Å². The van der Waals surface area contributed by atoms with Gasteiger partial charge in [-0.2, -0.15) is 0 Å². The van der Waals surface area contributed by atoms with Crippen molar-refractivity contribution in [3.63, 3.8) is 0 Å². The zero-order valence-corrected chi connectivity index (χ0v) is 19.3. The second-order valence-corrected chi connectivity index (χ2v) is 11.9. The first-order valence-corrected chi connectivity index (χ1v) is 13.6. The maximum Gasteiger partial charge on any atom is 0.262 e. The van der Waals surface area contributed by atoms with Crippen LogP contribution in [0.25, 0.3) is 20.7 Å². The van der Waals surface area contributed by atoms with E-state index in [0.29, 0.717) is 16.6 Å². The van der Waals surface area contributed by atoms with E-state index in [1.807, 2.05) is 36.4 Å².